The second-order valence-electron chi connectivity index (χ2n) is 4.70. The number of carbonyl (C=O) groups excluding carboxylic acids is 1. The van der Waals surface area contributed by atoms with Gasteiger partial charge in [0.1, 0.15) is 11.4 Å². The van der Waals surface area contributed by atoms with Crippen LogP contribution in [0.2, 0.25) is 0 Å². The zero-order valence-electron chi connectivity index (χ0n) is 9.87. The molecule has 1 fully saturated rings. The van der Waals surface area contributed by atoms with Gasteiger partial charge in [0.25, 0.3) is 5.91 Å². The van der Waals surface area contributed by atoms with E-state index >= 15 is 0 Å². The summed E-state index contributed by atoms with van der Waals surface area (Å²) in [5, 5.41) is 6.32. The van der Waals surface area contributed by atoms with Crippen LogP contribution in [0.15, 0.2) is 33.7 Å². The summed E-state index contributed by atoms with van der Waals surface area (Å²) in [5.74, 6) is -0.0563. The number of hydrogen-bond acceptors (Lipinski definition) is 3. The molecule has 0 aromatic heterocycles. The molecule has 1 spiro atoms. The minimum atomic E-state index is -0.370. The molecule has 4 nitrogen and oxygen atoms in total. The molecule has 5 heteroatoms. The Balaban J connectivity index is 1.93. The molecule has 0 saturated carbocycles. The molecule has 1 amide bonds. The molecule has 18 heavy (non-hydrogen) atoms. The molecule has 2 aliphatic heterocycles. The van der Waals surface area contributed by atoms with Gasteiger partial charge in [0.2, 0.25) is 0 Å². The summed E-state index contributed by atoms with van der Waals surface area (Å²) in [6.07, 6.45) is 1.72. The number of amides is 1. The molecule has 1 aromatic carbocycles. The van der Waals surface area contributed by atoms with E-state index in [2.05, 4.69) is 31.6 Å². The molecule has 3 rings (SSSR count). The quantitative estimate of drug-likeness (QED) is 0.825. The third-order valence-corrected chi connectivity index (χ3v) is 3.96. The van der Waals surface area contributed by atoms with Gasteiger partial charge in [-0.1, -0.05) is 28.1 Å². The van der Waals surface area contributed by atoms with Crippen LogP contribution in [0, 0.1) is 0 Å². The van der Waals surface area contributed by atoms with Crippen LogP contribution in [-0.2, 0) is 4.79 Å². The van der Waals surface area contributed by atoms with Gasteiger partial charge in [-0.15, -0.1) is 0 Å². The molecule has 0 radical (unpaired) electrons. The van der Waals surface area contributed by atoms with Crippen molar-refractivity contribution in [2.75, 3.05) is 13.1 Å². The maximum atomic E-state index is 12.1. The highest BCUT2D eigenvalue weighted by Gasteiger charge is 2.40. The fourth-order valence-corrected chi connectivity index (χ4v) is 2.71. The third kappa shape index (κ3) is 2.08. The normalized spacial score (nSPS) is 21.8. The molecule has 1 aromatic rings. The first-order valence-electron chi connectivity index (χ1n) is 6.08. The Kier molecular flexibility index (Phi) is 2.95. The summed E-state index contributed by atoms with van der Waals surface area (Å²) in [4.78, 5) is 16.7. The number of halogens is 1. The van der Waals surface area contributed by atoms with Crippen molar-refractivity contribution in [1.82, 2.24) is 10.6 Å². The van der Waals surface area contributed by atoms with Crippen LogP contribution in [0.25, 0.3) is 0 Å². The second-order valence-corrected chi connectivity index (χ2v) is 5.62. The lowest BCUT2D eigenvalue weighted by Gasteiger charge is -2.30. The highest BCUT2D eigenvalue weighted by molar-refractivity contribution is 9.10. The van der Waals surface area contributed by atoms with E-state index in [1.54, 1.807) is 0 Å². The van der Waals surface area contributed by atoms with Crippen LogP contribution in [0.5, 0.6) is 0 Å². The standard InChI is InChI=1S/C13H14BrN3O/c14-10-3-1-9(2-4-10)11-12(18)17-13(16-11)5-7-15-8-6-13/h1-4,15H,5-8H2,(H,17,18). The molecule has 0 atom stereocenters. The average Bonchev–Trinajstić information content (AvgIpc) is 2.68. The zero-order chi connectivity index (χ0) is 12.6. The summed E-state index contributed by atoms with van der Waals surface area (Å²) in [6, 6.07) is 7.70. The predicted molar refractivity (Wildman–Crippen MR) is 73.7 cm³/mol. The lowest BCUT2D eigenvalue weighted by atomic mass is 10.00. The Bertz CT molecular complexity index is 503. The van der Waals surface area contributed by atoms with E-state index in [0.29, 0.717) is 5.71 Å². The fraction of sp³-hybridized carbons (Fsp3) is 0.385. The second kappa shape index (κ2) is 4.48. The van der Waals surface area contributed by atoms with Crippen LogP contribution in [0.1, 0.15) is 18.4 Å². The van der Waals surface area contributed by atoms with Gasteiger partial charge >= 0.3 is 0 Å². The molecule has 1 saturated heterocycles. The number of rotatable bonds is 1. The molecule has 94 valence electrons. The van der Waals surface area contributed by atoms with Crippen LogP contribution < -0.4 is 10.6 Å². The zero-order valence-corrected chi connectivity index (χ0v) is 11.5. The molecule has 2 heterocycles. The van der Waals surface area contributed by atoms with Gasteiger partial charge in [0.05, 0.1) is 0 Å². The molecule has 0 aliphatic carbocycles. The van der Waals surface area contributed by atoms with Gasteiger partial charge in [-0.2, -0.15) is 0 Å². The lowest BCUT2D eigenvalue weighted by molar-refractivity contribution is -0.115. The number of carbonyl (C=O) groups is 1. The Morgan fingerprint density at radius 1 is 1.17 bits per heavy atom. The largest absolute Gasteiger partial charge is 0.326 e. The minimum absolute atomic E-state index is 0.0563. The molecule has 2 aliphatic rings. The van der Waals surface area contributed by atoms with Gasteiger partial charge in [0, 0.05) is 22.9 Å². The highest BCUT2D eigenvalue weighted by Crippen LogP contribution is 2.26. The topological polar surface area (TPSA) is 53.5 Å². The Hall–Kier alpha value is -1.20. The SMILES string of the molecule is O=C1NC2(CCNCC2)N=C1c1ccc(Br)cc1. The van der Waals surface area contributed by atoms with Gasteiger partial charge < -0.3 is 10.6 Å². The Morgan fingerprint density at radius 2 is 1.83 bits per heavy atom. The number of piperidine rings is 1. The van der Waals surface area contributed by atoms with Gasteiger partial charge in [-0.25, -0.2) is 0 Å². The molecular formula is C13H14BrN3O. The molecular weight excluding hydrogens is 294 g/mol. The molecule has 2 N–H and O–H groups in total. The Labute approximate surface area is 114 Å². The van der Waals surface area contributed by atoms with Crippen molar-refractivity contribution in [2.24, 2.45) is 4.99 Å². The van der Waals surface area contributed by atoms with E-state index in [1.807, 2.05) is 24.3 Å². The average molecular weight is 308 g/mol. The maximum Gasteiger partial charge on any atom is 0.272 e. The van der Waals surface area contributed by atoms with Crippen molar-refractivity contribution < 1.29 is 4.79 Å². The van der Waals surface area contributed by atoms with Crippen molar-refractivity contribution in [2.45, 2.75) is 18.5 Å². The first kappa shape index (κ1) is 11.9. The van der Waals surface area contributed by atoms with Crippen LogP contribution in [0.4, 0.5) is 0 Å². The van der Waals surface area contributed by atoms with Crippen LogP contribution in [-0.4, -0.2) is 30.4 Å². The molecule has 0 unspecified atom stereocenters. The first-order chi connectivity index (χ1) is 8.69. The first-order valence-corrected chi connectivity index (χ1v) is 6.87. The van der Waals surface area contributed by atoms with E-state index in [-0.39, 0.29) is 11.6 Å². The summed E-state index contributed by atoms with van der Waals surface area (Å²) >= 11 is 3.39. The van der Waals surface area contributed by atoms with Gasteiger partial charge in [-0.05, 0) is 25.2 Å². The summed E-state index contributed by atoms with van der Waals surface area (Å²) in [6.45, 7) is 1.80. The monoisotopic (exact) mass is 307 g/mol. The van der Waals surface area contributed by atoms with E-state index in [1.165, 1.54) is 0 Å². The van der Waals surface area contributed by atoms with Crippen LogP contribution in [0.3, 0.4) is 0 Å². The van der Waals surface area contributed by atoms with Gasteiger partial charge in [0.15, 0.2) is 0 Å². The van der Waals surface area contributed by atoms with E-state index in [0.717, 1.165) is 36.0 Å². The highest BCUT2D eigenvalue weighted by atomic mass is 79.9. The van der Waals surface area contributed by atoms with Crippen molar-refractivity contribution in [1.29, 1.82) is 0 Å². The Morgan fingerprint density at radius 3 is 2.50 bits per heavy atom. The van der Waals surface area contributed by atoms with Gasteiger partial charge in [-0.3, -0.25) is 9.79 Å². The molecule has 0 bridgehead atoms. The summed E-state index contributed by atoms with van der Waals surface area (Å²) < 4.78 is 1.00. The third-order valence-electron chi connectivity index (χ3n) is 3.44. The number of nitrogens with one attached hydrogen (secondary N) is 2. The summed E-state index contributed by atoms with van der Waals surface area (Å²) in [7, 11) is 0. The maximum absolute atomic E-state index is 12.1. The fourth-order valence-electron chi connectivity index (χ4n) is 2.44. The van der Waals surface area contributed by atoms with Crippen molar-refractivity contribution in [3.05, 3.63) is 34.3 Å². The van der Waals surface area contributed by atoms with Crippen LogP contribution >= 0.6 is 15.9 Å². The van der Waals surface area contributed by atoms with E-state index in [4.69, 9.17) is 0 Å². The summed E-state index contributed by atoms with van der Waals surface area (Å²) in [5.41, 5.74) is 1.07. The number of nitrogens with zero attached hydrogens (tertiary/aromatic N) is 1. The number of aliphatic imine (C=N–C) groups is 1. The smallest absolute Gasteiger partial charge is 0.272 e. The number of hydrogen-bond donors (Lipinski definition) is 2. The van der Waals surface area contributed by atoms with E-state index < -0.39 is 0 Å². The van der Waals surface area contributed by atoms with Crippen molar-refractivity contribution in [3.8, 4) is 0 Å². The van der Waals surface area contributed by atoms with Crippen molar-refractivity contribution >= 4 is 27.5 Å². The predicted octanol–water partition coefficient (Wildman–Crippen LogP) is 1.45. The van der Waals surface area contributed by atoms with E-state index in [9.17, 15) is 4.79 Å². The lowest BCUT2D eigenvalue weighted by Crippen LogP contribution is -2.49. The van der Waals surface area contributed by atoms with Crippen molar-refractivity contribution in [3.63, 3.8) is 0 Å². The minimum Gasteiger partial charge on any atom is -0.326 e. The number of benzene rings is 1.